The minimum absolute atomic E-state index is 0.0877. The maximum absolute atomic E-state index is 10.8. The number of carboxylic acids is 1. The highest BCUT2D eigenvalue weighted by molar-refractivity contribution is 6.33. The van der Waals surface area contributed by atoms with Gasteiger partial charge in [0.05, 0.1) is 11.2 Å². The molecule has 80 valence electrons. The molecule has 1 aromatic rings. The van der Waals surface area contributed by atoms with Crippen LogP contribution in [0.2, 0.25) is 5.02 Å². The van der Waals surface area contributed by atoms with Gasteiger partial charge in [0, 0.05) is 5.92 Å². The first-order valence-corrected chi connectivity index (χ1v) is 5.05. The van der Waals surface area contributed by atoms with Crippen LogP contribution in [0.15, 0.2) is 6.20 Å². The summed E-state index contributed by atoms with van der Waals surface area (Å²) >= 11 is 5.68. The zero-order chi connectivity index (χ0) is 11.2. The summed E-state index contributed by atoms with van der Waals surface area (Å²) in [4.78, 5) is 18.9. The van der Waals surface area contributed by atoms with Gasteiger partial charge in [0.15, 0.2) is 5.69 Å². The molecule has 0 spiro atoms. The highest BCUT2D eigenvalue weighted by Gasteiger charge is 2.48. The summed E-state index contributed by atoms with van der Waals surface area (Å²) in [6, 6.07) is 0. The quantitative estimate of drug-likeness (QED) is 0.841. The summed E-state index contributed by atoms with van der Waals surface area (Å²) in [6.45, 7) is 4.21. The smallest absolute Gasteiger partial charge is 0.356 e. The largest absolute Gasteiger partial charge is 0.476 e. The van der Waals surface area contributed by atoms with E-state index in [2.05, 4.69) is 23.8 Å². The fraction of sp³-hybridized carbons (Fsp3) is 0.500. The van der Waals surface area contributed by atoms with Gasteiger partial charge in [0.1, 0.15) is 5.82 Å². The van der Waals surface area contributed by atoms with E-state index in [1.807, 2.05) is 0 Å². The Hall–Kier alpha value is -1.16. The number of carboxylic acid groups (broad SMARTS) is 1. The number of rotatable bonds is 2. The maximum Gasteiger partial charge on any atom is 0.356 e. The van der Waals surface area contributed by atoms with Crippen molar-refractivity contribution in [3.05, 3.63) is 22.7 Å². The molecule has 1 aliphatic carbocycles. The van der Waals surface area contributed by atoms with E-state index in [1.165, 1.54) is 6.20 Å². The van der Waals surface area contributed by atoms with Crippen molar-refractivity contribution in [2.75, 3.05) is 0 Å². The van der Waals surface area contributed by atoms with Gasteiger partial charge in [-0.05, 0) is 11.8 Å². The van der Waals surface area contributed by atoms with Crippen LogP contribution in [0, 0.1) is 5.41 Å². The first-order chi connectivity index (χ1) is 6.92. The molecule has 2 rings (SSSR count). The van der Waals surface area contributed by atoms with Crippen molar-refractivity contribution in [2.45, 2.75) is 26.2 Å². The summed E-state index contributed by atoms with van der Waals surface area (Å²) in [5.74, 6) is -0.267. The minimum atomic E-state index is -1.11. The highest BCUT2D eigenvalue weighted by Crippen LogP contribution is 2.57. The van der Waals surface area contributed by atoms with Crippen LogP contribution in [0.4, 0.5) is 0 Å². The van der Waals surface area contributed by atoms with E-state index < -0.39 is 5.97 Å². The molecule has 1 atom stereocenters. The Morgan fingerprint density at radius 2 is 2.27 bits per heavy atom. The molecular formula is C10H11ClN2O2. The van der Waals surface area contributed by atoms with Crippen molar-refractivity contribution >= 4 is 17.6 Å². The third-order valence-electron chi connectivity index (χ3n) is 2.79. The van der Waals surface area contributed by atoms with Crippen molar-refractivity contribution in [3.63, 3.8) is 0 Å². The van der Waals surface area contributed by atoms with E-state index in [0.717, 1.165) is 6.42 Å². The molecule has 0 bridgehead atoms. The lowest BCUT2D eigenvalue weighted by molar-refractivity contribution is 0.0690. The van der Waals surface area contributed by atoms with Gasteiger partial charge in [-0.2, -0.15) is 0 Å². The van der Waals surface area contributed by atoms with Crippen LogP contribution in [0.3, 0.4) is 0 Å². The summed E-state index contributed by atoms with van der Waals surface area (Å²) in [5.41, 5.74) is 0.0771. The summed E-state index contributed by atoms with van der Waals surface area (Å²) < 4.78 is 0. The van der Waals surface area contributed by atoms with Crippen molar-refractivity contribution in [3.8, 4) is 0 Å². The Labute approximate surface area is 92.3 Å². The summed E-state index contributed by atoms with van der Waals surface area (Å²) in [5, 5.41) is 8.94. The lowest BCUT2D eigenvalue weighted by atomic mass is 10.1. The van der Waals surface area contributed by atoms with Crippen LogP contribution in [-0.4, -0.2) is 21.0 Å². The number of hydrogen-bond donors (Lipinski definition) is 1. The second kappa shape index (κ2) is 3.17. The van der Waals surface area contributed by atoms with E-state index in [-0.39, 0.29) is 22.0 Å². The first kappa shape index (κ1) is 10.4. The van der Waals surface area contributed by atoms with E-state index in [1.54, 1.807) is 0 Å². The number of aromatic carboxylic acids is 1. The Balaban J connectivity index is 2.36. The monoisotopic (exact) mass is 226 g/mol. The van der Waals surface area contributed by atoms with Gasteiger partial charge < -0.3 is 5.11 Å². The molecule has 1 aromatic heterocycles. The molecule has 0 radical (unpaired) electrons. The molecule has 1 N–H and O–H groups in total. The fourth-order valence-corrected chi connectivity index (χ4v) is 1.78. The zero-order valence-corrected chi connectivity index (χ0v) is 9.25. The van der Waals surface area contributed by atoms with Gasteiger partial charge in [-0.1, -0.05) is 25.4 Å². The molecule has 0 aliphatic heterocycles. The predicted octanol–water partition coefficient (Wildman–Crippen LogP) is 2.34. The molecule has 15 heavy (non-hydrogen) atoms. The van der Waals surface area contributed by atoms with Crippen molar-refractivity contribution in [1.29, 1.82) is 0 Å². The van der Waals surface area contributed by atoms with E-state index in [4.69, 9.17) is 16.7 Å². The summed E-state index contributed by atoms with van der Waals surface area (Å²) in [6.07, 6.45) is 2.36. The second-order valence-electron chi connectivity index (χ2n) is 4.48. The average Bonchev–Trinajstić information content (AvgIpc) is 2.75. The van der Waals surface area contributed by atoms with Crippen LogP contribution in [0.1, 0.15) is 42.5 Å². The SMILES string of the molecule is CC1(C)CC1c1ncc(Cl)c(C(=O)O)n1. The summed E-state index contributed by atoms with van der Waals surface area (Å²) in [7, 11) is 0. The van der Waals surface area contributed by atoms with Gasteiger partial charge >= 0.3 is 5.97 Å². The normalized spacial score (nSPS) is 22.5. The van der Waals surface area contributed by atoms with Crippen molar-refractivity contribution in [1.82, 2.24) is 9.97 Å². The third-order valence-corrected chi connectivity index (χ3v) is 3.07. The van der Waals surface area contributed by atoms with Gasteiger partial charge in [0.2, 0.25) is 0 Å². The maximum atomic E-state index is 10.8. The minimum Gasteiger partial charge on any atom is -0.476 e. The molecule has 1 saturated carbocycles. The molecule has 0 saturated heterocycles. The Kier molecular flexibility index (Phi) is 2.19. The van der Waals surface area contributed by atoms with Gasteiger partial charge in [-0.3, -0.25) is 0 Å². The first-order valence-electron chi connectivity index (χ1n) is 4.67. The highest BCUT2D eigenvalue weighted by atomic mass is 35.5. The van der Waals surface area contributed by atoms with E-state index >= 15 is 0 Å². The second-order valence-corrected chi connectivity index (χ2v) is 4.88. The Morgan fingerprint density at radius 1 is 1.67 bits per heavy atom. The molecule has 1 unspecified atom stereocenters. The molecular weight excluding hydrogens is 216 g/mol. The van der Waals surface area contributed by atoms with E-state index in [0.29, 0.717) is 5.82 Å². The zero-order valence-electron chi connectivity index (χ0n) is 8.49. The number of hydrogen-bond acceptors (Lipinski definition) is 3. The van der Waals surface area contributed by atoms with Crippen LogP contribution in [0.25, 0.3) is 0 Å². The number of halogens is 1. The molecule has 0 amide bonds. The van der Waals surface area contributed by atoms with Gasteiger partial charge in [-0.25, -0.2) is 14.8 Å². The van der Waals surface area contributed by atoms with Crippen molar-refractivity contribution < 1.29 is 9.90 Å². The number of nitrogens with zero attached hydrogens (tertiary/aromatic N) is 2. The van der Waals surface area contributed by atoms with Crippen molar-refractivity contribution in [2.24, 2.45) is 5.41 Å². The van der Waals surface area contributed by atoms with Crippen LogP contribution < -0.4 is 0 Å². The lowest BCUT2D eigenvalue weighted by Gasteiger charge is -2.04. The molecule has 5 heteroatoms. The van der Waals surface area contributed by atoms with Crippen LogP contribution in [-0.2, 0) is 0 Å². The van der Waals surface area contributed by atoms with Gasteiger partial charge in [-0.15, -0.1) is 0 Å². The molecule has 1 fully saturated rings. The average molecular weight is 227 g/mol. The third kappa shape index (κ3) is 1.81. The van der Waals surface area contributed by atoms with Crippen LogP contribution in [0.5, 0.6) is 0 Å². The number of carbonyl (C=O) groups is 1. The molecule has 1 aliphatic rings. The van der Waals surface area contributed by atoms with Crippen LogP contribution >= 0.6 is 11.6 Å². The molecule has 0 aromatic carbocycles. The molecule has 1 heterocycles. The topological polar surface area (TPSA) is 63.1 Å². The predicted molar refractivity (Wildman–Crippen MR) is 55.1 cm³/mol. The van der Waals surface area contributed by atoms with E-state index in [9.17, 15) is 4.79 Å². The Bertz CT molecular complexity index is 431. The van der Waals surface area contributed by atoms with Gasteiger partial charge in [0.25, 0.3) is 0 Å². The fourth-order valence-electron chi connectivity index (χ4n) is 1.61. The Morgan fingerprint density at radius 3 is 2.73 bits per heavy atom. The standard InChI is InChI=1S/C10H11ClN2O2/c1-10(2)3-5(10)8-12-4-6(11)7(13-8)9(14)15/h4-5H,3H2,1-2H3,(H,14,15). The number of aromatic nitrogens is 2. The molecule has 4 nitrogen and oxygen atoms in total. The lowest BCUT2D eigenvalue weighted by Crippen LogP contribution is -2.06.